The lowest BCUT2D eigenvalue weighted by molar-refractivity contribution is -0.613. The molecule has 51 heavy (non-hydrogen) atoms. The van der Waals surface area contributed by atoms with Crippen LogP contribution in [0.3, 0.4) is 0 Å². The van der Waals surface area contributed by atoms with Gasteiger partial charge < -0.3 is 25.3 Å². The summed E-state index contributed by atoms with van der Waals surface area (Å²) in [4.78, 5) is 18.2. The van der Waals surface area contributed by atoms with Crippen molar-refractivity contribution >= 4 is 29.0 Å². The third-order valence-corrected chi connectivity index (χ3v) is 10.3. The highest BCUT2D eigenvalue weighted by Gasteiger charge is 2.31. The normalized spacial score (nSPS) is 19.8. The van der Waals surface area contributed by atoms with Crippen molar-refractivity contribution in [3.63, 3.8) is 0 Å². The largest absolute Gasteiger partial charge is 0.484 e. The second-order valence-corrected chi connectivity index (χ2v) is 15.6. The number of benzene rings is 2. The second-order valence-electron chi connectivity index (χ2n) is 15.6. The SMILES string of the molecule is CC1CCCCN1c1nnc2ccc(OC3CCC(NC(=O)NC(CC(=N)C(C)(C)C)[NH2+]c4cccc(CCN(C)C)c4)c4ccccc43)cn12. The van der Waals surface area contributed by atoms with Gasteiger partial charge in [-0.25, -0.2) is 4.79 Å². The maximum atomic E-state index is 13.7. The maximum Gasteiger partial charge on any atom is 0.319 e. The van der Waals surface area contributed by atoms with Crippen molar-refractivity contribution in [2.75, 3.05) is 32.1 Å². The van der Waals surface area contributed by atoms with E-state index in [1.54, 1.807) is 0 Å². The smallest absolute Gasteiger partial charge is 0.319 e. The summed E-state index contributed by atoms with van der Waals surface area (Å²) in [5.74, 6) is 1.63. The van der Waals surface area contributed by atoms with Crippen molar-refractivity contribution in [3.05, 3.63) is 83.6 Å². The van der Waals surface area contributed by atoms with Crippen LogP contribution in [0.2, 0.25) is 0 Å². The van der Waals surface area contributed by atoms with E-state index in [2.05, 4.69) is 93.4 Å². The zero-order valence-electron chi connectivity index (χ0n) is 31.2. The van der Waals surface area contributed by atoms with Crippen LogP contribution in [-0.4, -0.2) is 70.6 Å². The van der Waals surface area contributed by atoms with E-state index in [0.717, 1.165) is 79.4 Å². The molecule has 4 aromatic rings. The Hall–Kier alpha value is -4.48. The summed E-state index contributed by atoms with van der Waals surface area (Å²) in [6, 6.07) is 20.7. The molecule has 6 rings (SSSR count). The number of likely N-dealkylation sites (N-methyl/N-ethyl adjacent to an activating group) is 1. The Balaban J connectivity index is 1.15. The molecule has 0 bridgehead atoms. The van der Waals surface area contributed by atoms with Crippen molar-refractivity contribution in [2.24, 2.45) is 5.41 Å². The van der Waals surface area contributed by atoms with Crippen molar-refractivity contribution in [3.8, 4) is 5.75 Å². The number of rotatable bonds is 12. The van der Waals surface area contributed by atoms with Crippen molar-refractivity contribution < 1.29 is 14.8 Å². The molecule has 2 aromatic carbocycles. The highest BCUT2D eigenvalue weighted by Crippen LogP contribution is 2.39. The topological polar surface area (TPSA) is 127 Å². The fraction of sp³-hybridized carbons (Fsp3) is 0.500. The van der Waals surface area contributed by atoms with Gasteiger partial charge in [-0.1, -0.05) is 57.2 Å². The number of piperidine rings is 1. The van der Waals surface area contributed by atoms with Crippen LogP contribution in [0, 0.1) is 10.8 Å². The summed E-state index contributed by atoms with van der Waals surface area (Å²) >= 11 is 0. The molecule has 2 aromatic heterocycles. The number of carbonyl (C=O) groups is 1. The fourth-order valence-electron chi connectivity index (χ4n) is 7.19. The third kappa shape index (κ3) is 9.07. The predicted molar refractivity (Wildman–Crippen MR) is 203 cm³/mol. The van der Waals surface area contributed by atoms with E-state index in [0.29, 0.717) is 18.2 Å². The van der Waals surface area contributed by atoms with E-state index in [4.69, 9.17) is 10.1 Å². The number of carbonyl (C=O) groups excluding carboxylic acids is 1. The molecule has 1 saturated heterocycles. The lowest BCUT2D eigenvalue weighted by Crippen LogP contribution is -2.89. The van der Waals surface area contributed by atoms with Crippen LogP contribution < -0.4 is 25.6 Å². The zero-order chi connectivity index (χ0) is 36.1. The van der Waals surface area contributed by atoms with Crippen LogP contribution in [-0.2, 0) is 6.42 Å². The van der Waals surface area contributed by atoms with Gasteiger partial charge in [-0.2, -0.15) is 0 Å². The molecule has 11 heteroatoms. The zero-order valence-corrected chi connectivity index (χ0v) is 31.2. The highest BCUT2D eigenvalue weighted by molar-refractivity contribution is 5.87. The first-order valence-corrected chi connectivity index (χ1v) is 18.5. The van der Waals surface area contributed by atoms with Gasteiger partial charge in [0.25, 0.3) is 0 Å². The van der Waals surface area contributed by atoms with Crippen LogP contribution in [0.1, 0.15) is 95.1 Å². The summed E-state index contributed by atoms with van der Waals surface area (Å²) in [5, 5.41) is 26.3. The monoisotopic (exact) mass is 694 g/mol. The van der Waals surface area contributed by atoms with Gasteiger partial charge in [0.2, 0.25) is 5.95 Å². The number of pyridine rings is 1. The van der Waals surface area contributed by atoms with E-state index in [9.17, 15) is 4.79 Å². The Kier molecular flexibility index (Phi) is 11.3. The number of urea groups is 1. The van der Waals surface area contributed by atoms with Gasteiger partial charge in [0.1, 0.15) is 17.5 Å². The molecule has 1 aliphatic heterocycles. The first kappa shape index (κ1) is 36.3. The molecular weight excluding hydrogens is 639 g/mol. The van der Waals surface area contributed by atoms with E-state index in [-0.39, 0.29) is 29.8 Å². The standard InChI is InChI=1S/C40H55N9O2/c1-27-12-9-10-22-48(27)39-46-45-37-20-17-30(26-49(37)39)51-34-19-18-33(31-15-7-8-16-32(31)34)43-38(50)44-36(25-35(41)40(2,3)4)42-29-14-11-13-28(24-29)21-23-47(5)6/h7-8,11,13-17,20,24,26-27,33-34,36,41-42H,9-10,12,18-19,21-23,25H2,1-6H3,(H2,43,44,50)/p+1. The molecule has 4 unspecified atom stereocenters. The van der Waals surface area contributed by atoms with Crippen molar-refractivity contribution in [2.45, 2.75) is 97.0 Å². The molecule has 11 nitrogen and oxygen atoms in total. The number of nitrogens with two attached hydrogens (primary N) is 1. The molecule has 2 aliphatic rings. The van der Waals surface area contributed by atoms with Crippen LogP contribution in [0.4, 0.5) is 16.4 Å². The van der Waals surface area contributed by atoms with Gasteiger partial charge >= 0.3 is 6.03 Å². The summed E-state index contributed by atoms with van der Waals surface area (Å²) in [6.45, 7) is 10.3. The van der Waals surface area contributed by atoms with Gasteiger partial charge in [0.05, 0.1) is 18.7 Å². The quantitative estimate of drug-likeness (QED) is 0.0802. The van der Waals surface area contributed by atoms with E-state index in [1.165, 1.54) is 12.0 Å². The number of hydrogen-bond donors (Lipinski definition) is 4. The van der Waals surface area contributed by atoms with E-state index >= 15 is 0 Å². The third-order valence-electron chi connectivity index (χ3n) is 10.3. The lowest BCUT2D eigenvalue weighted by atomic mass is 9.85. The van der Waals surface area contributed by atoms with Crippen LogP contribution >= 0.6 is 0 Å². The number of nitrogens with one attached hydrogen (secondary N) is 3. The number of anilines is 1. The number of nitrogens with zero attached hydrogens (tertiary/aromatic N) is 5. The molecule has 0 spiro atoms. The average molecular weight is 695 g/mol. The number of aromatic nitrogens is 3. The second kappa shape index (κ2) is 15.8. The van der Waals surface area contributed by atoms with Crippen LogP contribution in [0.25, 0.3) is 5.65 Å². The number of amides is 2. The molecule has 2 amide bonds. The van der Waals surface area contributed by atoms with Gasteiger partial charge in [0, 0.05) is 30.9 Å². The fourth-order valence-corrected chi connectivity index (χ4v) is 7.19. The average Bonchev–Trinajstić information content (AvgIpc) is 3.51. The summed E-state index contributed by atoms with van der Waals surface area (Å²) in [7, 11) is 4.16. The highest BCUT2D eigenvalue weighted by atomic mass is 16.5. The summed E-state index contributed by atoms with van der Waals surface area (Å²) in [5.41, 5.74) is 5.55. The lowest BCUT2D eigenvalue weighted by Gasteiger charge is -2.33. The molecule has 0 radical (unpaired) electrons. The molecule has 1 aliphatic carbocycles. The first-order chi connectivity index (χ1) is 24.4. The molecule has 272 valence electrons. The van der Waals surface area contributed by atoms with E-state index in [1.807, 2.05) is 55.6 Å². The Bertz CT molecular complexity index is 1810. The van der Waals surface area contributed by atoms with Gasteiger partial charge in [-0.05, 0) is 99.8 Å². The van der Waals surface area contributed by atoms with Gasteiger partial charge in [-0.15, -0.1) is 10.2 Å². The Labute approximate surface area is 302 Å². The van der Waals surface area contributed by atoms with Gasteiger partial charge in [0.15, 0.2) is 11.8 Å². The summed E-state index contributed by atoms with van der Waals surface area (Å²) < 4.78 is 8.72. The molecular formula is C40H56N9O2+. The number of hydrogen-bond acceptors (Lipinski definition) is 7. The molecule has 0 saturated carbocycles. The number of fused-ring (bicyclic) bond motifs is 2. The maximum absolute atomic E-state index is 13.7. The summed E-state index contributed by atoms with van der Waals surface area (Å²) in [6.07, 6.45) is 7.96. The Morgan fingerprint density at radius 1 is 1.04 bits per heavy atom. The van der Waals surface area contributed by atoms with Gasteiger partial charge in [-0.3, -0.25) is 15.0 Å². The van der Waals surface area contributed by atoms with Crippen molar-refractivity contribution in [1.29, 1.82) is 5.41 Å². The number of ether oxygens (including phenoxy) is 1. The molecule has 3 heterocycles. The minimum atomic E-state index is -0.332. The molecule has 5 N–H and O–H groups in total. The molecule has 4 atom stereocenters. The minimum absolute atomic E-state index is 0.151. The minimum Gasteiger partial charge on any atom is -0.484 e. The van der Waals surface area contributed by atoms with E-state index < -0.39 is 0 Å². The number of quaternary nitrogens is 1. The Morgan fingerprint density at radius 2 is 1.84 bits per heavy atom. The molecule has 1 fully saturated rings. The van der Waals surface area contributed by atoms with Crippen molar-refractivity contribution in [1.82, 2.24) is 30.1 Å². The van der Waals surface area contributed by atoms with Crippen LogP contribution in [0.15, 0.2) is 66.9 Å². The predicted octanol–water partition coefficient (Wildman–Crippen LogP) is 6.14. The van der Waals surface area contributed by atoms with Crippen LogP contribution in [0.5, 0.6) is 5.75 Å². The first-order valence-electron chi connectivity index (χ1n) is 18.5. The Morgan fingerprint density at radius 3 is 2.61 bits per heavy atom.